The van der Waals surface area contributed by atoms with Crippen LogP contribution in [-0.2, 0) is 5.75 Å². The van der Waals surface area contributed by atoms with Gasteiger partial charge in [-0.15, -0.1) is 5.10 Å². The maximum absolute atomic E-state index is 5.91. The van der Waals surface area contributed by atoms with Gasteiger partial charge in [0.15, 0.2) is 0 Å². The van der Waals surface area contributed by atoms with Crippen molar-refractivity contribution in [2.75, 3.05) is 0 Å². The smallest absolute Gasteiger partial charge is 0.138 e. The summed E-state index contributed by atoms with van der Waals surface area (Å²) in [5.74, 6) is 0.931. The third-order valence-corrected chi connectivity index (χ3v) is 4.63. The first kappa shape index (κ1) is 9.74. The highest BCUT2D eigenvalue weighted by Crippen LogP contribution is 2.32. The lowest BCUT2D eigenvalue weighted by atomic mass is 10.4. The largest absolute Gasteiger partial charge is 0.152 e. The van der Waals surface area contributed by atoms with Crippen molar-refractivity contribution in [3.63, 3.8) is 0 Å². The van der Waals surface area contributed by atoms with Gasteiger partial charge in [0.25, 0.3) is 0 Å². The van der Waals surface area contributed by atoms with Gasteiger partial charge in [0, 0.05) is 22.5 Å². The van der Waals surface area contributed by atoms with Crippen molar-refractivity contribution in [1.82, 2.24) is 9.59 Å². The van der Waals surface area contributed by atoms with Crippen molar-refractivity contribution in [1.29, 1.82) is 0 Å². The average Bonchev–Trinajstić information content (AvgIpc) is 2.72. The molecule has 72 valence electrons. The van der Waals surface area contributed by atoms with E-state index >= 15 is 0 Å². The van der Waals surface area contributed by atoms with E-state index < -0.39 is 0 Å². The van der Waals surface area contributed by atoms with Gasteiger partial charge in [0.1, 0.15) is 10.0 Å². The van der Waals surface area contributed by atoms with Gasteiger partial charge in [-0.3, -0.25) is 0 Å². The summed E-state index contributed by atoms with van der Waals surface area (Å²) in [5.41, 5.74) is 0.962. The lowest BCUT2D eigenvalue weighted by Crippen LogP contribution is -1.95. The first-order valence-electron chi connectivity index (χ1n) is 4.44. The third-order valence-electron chi connectivity index (χ3n) is 2.27. The monoisotopic (exact) mass is 234 g/mol. The van der Waals surface area contributed by atoms with Crippen LogP contribution in [0, 0.1) is 0 Å². The topological polar surface area (TPSA) is 25.8 Å². The second kappa shape index (κ2) is 4.62. The Morgan fingerprint density at radius 1 is 1.46 bits per heavy atom. The molecule has 13 heavy (non-hydrogen) atoms. The molecule has 5 heteroatoms. The number of rotatable bonds is 3. The Morgan fingerprint density at radius 3 is 2.85 bits per heavy atom. The van der Waals surface area contributed by atoms with Crippen LogP contribution in [0.3, 0.4) is 0 Å². The SMILES string of the molecule is Clc1snnc1CSC1CCCC1. The van der Waals surface area contributed by atoms with E-state index in [0.29, 0.717) is 0 Å². The summed E-state index contributed by atoms with van der Waals surface area (Å²) in [4.78, 5) is 0. The number of nitrogens with zero attached hydrogens (tertiary/aromatic N) is 2. The molecule has 1 aromatic heterocycles. The van der Waals surface area contributed by atoms with Crippen molar-refractivity contribution in [3.8, 4) is 0 Å². The highest BCUT2D eigenvalue weighted by Gasteiger charge is 2.16. The van der Waals surface area contributed by atoms with Crippen LogP contribution in [0.25, 0.3) is 0 Å². The van der Waals surface area contributed by atoms with E-state index in [1.54, 1.807) is 0 Å². The van der Waals surface area contributed by atoms with Crippen LogP contribution in [0.4, 0.5) is 0 Å². The molecule has 2 rings (SSSR count). The molecule has 1 aliphatic carbocycles. The number of hydrogen-bond donors (Lipinski definition) is 0. The fourth-order valence-corrected chi connectivity index (χ4v) is 3.59. The summed E-state index contributed by atoms with van der Waals surface area (Å²) in [6.45, 7) is 0. The Morgan fingerprint density at radius 2 is 2.23 bits per heavy atom. The molecule has 1 saturated carbocycles. The maximum Gasteiger partial charge on any atom is 0.138 e. The minimum absolute atomic E-state index is 0.755. The van der Waals surface area contributed by atoms with Crippen LogP contribution in [0.15, 0.2) is 0 Å². The Labute approximate surface area is 91.2 Å². The molecule has 1 heterocycles. The van der Waals surface area contributed by atoms with Crippen molar-refractivity contribution in [2.45, 2.75) is 36.7 Å². The second-order valence-corrected chi connectivity index (χ2v) is 5.86. The summed E-state index contributed by atoms with van der Waals surface area (Å²) in [6, 6.07) is 0. The quantitative estimate of drug-likeness (QED) is 0.802. The van der Waals surface area contributed by atoms with Crippen molar-refractivity contribution >= 4 is 34.9 Å². The van der Waals surface area contributed by atoms with Crippen LogP contribution in [0.5, 0.6) is 0 Å². The second-order valence-electron chi connectivity index (χ2n) is 3.21. The van der Waals surface area contributed by atoms with Crippen LogP contribution in [0.1, 0.15) is 31.4 Å². The maximum atomic E-state index is 5.91. The zero-order chi connectivity index (χ0) is 9.10. The molecule has 1 aromatic rings. The Hall–Kier alpha value is 0.200. The van der Waals surface area contributed by atoms with E-state index in [9.17, 15) is 0 Å². The molecule has 0 spiro atoms. The third kappa shape index (κ3) is 2.58. The summed E-state index contributed by atoms with van der Waals surface area (Å²) in [6.07, 6.45) is 5.50. The summed E-state index contributed by atoms with van der Waals surface area (Å²) < 4.78 is 4.57. The van der Waals surface area contributed by atoms with Gasteiger partial charge >= 0.3 is 0 Å². The standard InChI is InChI=1S/C8H11ClN2S2/c9-8-7(10-11-13-8)5-12-6-3-1-2-4-6/h6H,1-5H2. The molecular formula is C8H11ClN2S2. The molecule has 0 bridgehead atoms. The molecule has 0 radical (unpaired) electrons. The van der Waals surface area contributed by atoms with Gasteiger partial charge in [0.05, 0.1) is 0 Å². The highest BCUT2D eigenvalue weighted by atomic mass is 35.5. The van der Waals surface area contributed by atoms with Crippen LogP contribution < -0.4 is 0 Å². The molecule has 1 fully saturated rings. The van der Waals surface area contributed by atoms with E-state index in [1.807, 2.05) is 11.8 Å². The average molecular weight is 235 g/mol. The molecule has 2 nitrogen and oxygen atoms in total. The normalized spacial score (nSPS) is 18.2. The van der Waals surface area contributed by atoms with E-state index in [4.69, 9.17) is 11.6 Å². The molecule has 0 aliphatic heterocycles. The Balaban J connectivity index is 1.82. The fourth-order valence-electron chi connectivity index (χ4n) is 1.53. The minimum atomic E-state index is 0.755. The van der Waals surface area contributed by atoms with Crippen LogP contribution in [0.2, 0.25) is 4.34 Å². The predicted molar refractivity (Wildman–Crippen MR) is 58.5 cm³/mol. The first-order valence-corrected chi connectivity index (χ1v) is 6.64. The zero-order valence-corrected chi connectivity index (χ0v) is 9.59. The van der Waals surface area contributed by atoms with Gasteiger partial charge in [0.2, 0.25) is 0 Å². The summed E-state index contributed by atoms with van der Waals surface area (Å²) >= 11 is 9.16. The molecule has 0 N–H and O–H groups in total. The van der Waals surface area contributed by atoms with Gasteiger partial charge < -0.3 is 0 Å². The van der Waals surface area contributed by atoms with Gasteiger partial charge in [-0.1, -0.05) is 28.9 Å². The Kier molecular flexibility index (Phi) is 3.46. The molecule has 0 unspecified atom stereocenters. The molecule has 0 aromatic carbocycles. The van der Waals surface area contributed by atoms with E-state index in [-0.39, 0.29) is 0 Å². The lowest BCUT2D eigenvalue weighted by molar-refractivity contribution is 0.886. The highest BCUT2D eigenvalue weighted by molar-refractivity contribution is 7.99. The van der Waals surface area contributed by atoms with Crippen molar-refractivity contribution in [2.24, 2.45) is 0 Å². The van der Waals surface area contributed by atoms with Gasteiger partial charge in [-0.25, -0.2) is 0 Å². The van der Waals surface area contributed by atoms with Crippen molar-refractivity contribution < 1.29 is 0 Å². The first-order chi connectivity index (χ1) is 6.36. The summed E-state index contributed by atoms with van der Waals surface area (Å²) in [5, 5.41) is 4.82. The van der Waals surface area contributed by atoms with Crippen molar-refractivity contribution in [3.05, 3.63) is 10.0 Å². The molecule has 0 amide bonds. The Bertz CT molecular complexity index is 271. The number of aromatic nitrogens is 2. The molecule has 0 atom stereocenters. The van der Waals surface area contributed by atoms with E-state index in [1.165, 1.54) is 37.2 Å². The van der Waals surface area contributed by atoms with Gasteiger partial charge in [-0.05, 0) is 12.8 Å². The van der Waals surface area contributed by atoms with Crippen LogP contribution >= 0.6 is 34.9 Å². The lowest BCUT2D eigenvalue weighted by Gasteiger charge is -2.05. The van der Waals surface area contributed by atoms with Gasteiger partial charge in [-0.2, -0.15) is 11.8 Å². The minimum Gasteiger partial charge on any atom is -0.152 e. The van der Waals surface area contributed by atoms with E-state index in [2.05, 4.69) is 9.59 Å². The molecule has 1 aliphatic rings. The number of hydrogen-bond acceptors (Lipinski definition) is 4. The molecular weight excluding hydrogens is 224 g/mol. The predicted octanol–water partition coefficient (Wildman–Crippen LogP) is 3.37. The number of thioether (sulfide) groups is 1. The zero-order valence-electron chi connectivity index (χ0n) is 7.20. The summed E-state index contributed by atoms with van der Waals surface area (Å²) in [7, 11) is 0. The molecule has 0 saturated heterocycles. The number of halogens is 1. The fraction of sp³-hybridized carbons (Fsp3) is 0.750. The van der Waals surface area contributed by atoms with E-state index in [0.717, 1.165) is 21.0 Å². The van der Waals surface area contributed by atoms with Crippen LogP contribution in [-0.4, -0.2) is 14.8 Å².